The molecular formula is C16H24N2. The molecular weight excluding hydrogens is 220 g/mol. The van der Waals surface area contributed by atoms with Crippen molar-refractivity contribution in [1.82, 2.24) is 5.32 Å². The zero-order valence-electron chi connectivity index (χ0n) is 11.3. The lowest BCUT2D eigenvalue weighted by molar-refractivity contribution is 0.320. The smallest absolute Gasteiger partial charge is 0.0320 e. The lowest BCUT2D eigenvalue weighted by atomic mass is 9.89. The van der Waals surface area contributed by atoms with Crippen LogP contribution in [0.15, 0.2) is 24.3 Å². The summed E-state index contributed by atoms with van der Waals surface area (Å²) in [6, 6.07) is 9.84. The minimum absolute atomic E-state index is 0.489. The van der Waals surface area contributed by atoms with Crippen molar-refractivity contribution in [2.45, 2.75) is 44.1 Å². The summed E-state index contributed by atoms with van der Waals surface area (Å²) >= 11 is 0. The highest BCUT2D eigenvalue weighted by Gasteiger charge is 2.38. The molecule has 3 N–H and O–H groups in total. The Morgan fingerprint density at radius 1 is 1.22 bits per heavy atom. The number of nitrogens with one attached hydrogen (secondary N) is 1. The number of hydrogen-bond donors (Lipinski definition) is 2. The highest BCUT2D eigenvalue weighted by molar-refractivity contribution is 5.33. The van der Waals surface area contributed by atoms with E-state index in [9.17, 15) is 0 Å². The minimum atomic E-state index is 0.489. The Labute approximate surface area is 110 Å². The van der Waals surface area contributed by atoms with Crippen molar-refractivity contribution in [3.63, 3.8) is 0 Å². The Hall–Kier alpha value is -0.860. The first kappa shape index (κ1) is 12.2. The topological polar surface area (TPSA) is 38.0 Å². The molecule has 2 aliphatic rings. The van der Waals surface area contributed by atoms with Crippen LogP contribution in [0.3, 0.4) is 0 Å². The normalized spacial score (nSPS) is 30.1. The molecule has 18 heavy (non-hydrogen) atoms. The molecule has 1 aliphatic carbocycles. The SMILES string of the molecule is CC1(c2ccc(C3CCC(CN)CN3)cc2)CC1. The van der Waals surface area contributed by atoms with Crippen molar-refractivity contribution in [2.24, 2.45) is 11.7 Å². The van der Waals surface area contributed by atoms with Crippen molar-refractivity contribution in [2.75, 3.05) is 13.1 Å². The molecule has 0 spiro atoms. The first-order chi connectivity index (χ1) is 8.71. The van der Waals surface area contributed by atoms with Crippen LogP contribution in [0.5, 0.6) is 0 Å². The molecule has 2 heteroatoms. The summed E-state index contributed by atoms with van der Waals surface area (Å²) in [5.41, 5.74) is 9.17. The van der Waals surface area contributed by atoms with E-state index in [0.29, 0.717) is 17.4 Å². The van der Waals surface area contributed by atoms with Crippen LogP contribution in [0.2, 0.25) is 0 Å². The van der Waals surface area contributed by atoms with Crippen molar-refractivity contribution < 1.29 is 0 Å². The summed E-state index contributed by atoms with van der Waals surface area (Å²) in [7, 11) is 0. The number of hydrogen-bond acceptors (Lipinski definition) is 2. The van der Waals surface area contributed by atoms with E-state index in [1.807, 2.05) is 0 Å². The van der Waals surface area contributed by atoms with Gasteiger partial charge in [0.1, 0.15) is 0 Å². The molecule has 1 saturated heterocycles. The maximum Gasteiger partial charge on any atom is 0.0320 e. The Kier molecular flexibility index (Phi) is 3.16. The van der Waals surface area contributed by atoms with E-state index in [2.05, 4.69) is 36.5 Å². The van der Waals surface area contributed by atoms with Crippen LogP contribution in [0.1, 0.15) is 49.8 Å². The Morgan fingerprint density at radius 3 is 2.44 bits per heavy atom. The van der Waals surface area contributed by atoms with Crippen molar-refractivity contribution in [1.29, 1.82) is 0 Å². The number of benzene rings is 1. The van der Waals surface area contributed by atoms with Gasteiger partial charge in [0.15, 0.2) is 0 Å². The molecule has 3 rings (SSSR count). The number of rotatable bonds is 3. The predicted octanol–water partition coefficient (Wildman–Crippen LogP) is 2.74. The van der Waals surface area contributed by atoms with Crippen molar-refractivity contribution in [3.05, 3.63) is 35.4 Å². The van der Waals surface area contributed by atoms with Crippen LogP contribution in [-0.4, -0.2) is 13.1 Å². The van der Waals surface area contributed by atoms with Crippen LogP contribution in [0, 0.1) is 5.92 Å². The second kappa shape index (κ2) is 4.67. The third kappa shape index (κ3) is 2.32. The Morgan fingerprint density at radius 2 is 1.94 bits per heavy atom. The van der Waals surface area contributed by atoms with Gasteiger partial charge in [0.2, 0.25) is 0 Å². The Bertz CT molecular complexity index is 398. The standard InChI is InChI=1S/C16H24N2/c1-16(8-9-16)14-5-3-13(4-6-14)15-7-2-12(10-17)11-18-15/h3-6,12,15,18H,2,7-11,17H2,1H3. The summed E-state index contributed by atoms with van der Waals surface area (Å²) in [6.07, 6.45) is 5.19. The lowest BCUT2D eigenvalue weighted by Gasteiger charge is -2.29. The summed E-state index contributed by atoms with van der Waals surface area (Å²) in [6.45, 7) is 4.25. The third-order valence-corrected chi connectivity index (χ3v) is 4.86. The monoisotopic (exact) mass is 244 g/mol. The molecule has 1 aliphatic heterocycles. The third-order valence-electron chi connectivity index (χ3n) is 4.86. The second-order valence-corrected chi connectivity index (χ2v) is 6.32. The molecule has 1 heterocycles. The van der Waals surface area contributed by atoms with E-state index in [1.54, 1.807) is 0 Å². The highest BCUT2D eigenvalue weighted by atomic mass is 14.9. The predicted molar refractivity (Wildman–Crippen MR) is 75.6 cm³/mol. The molecule has 1 saturated carbocycles. The quantitative estimate of drug-likeness (QED) is 0.858. The van der Waals surface area contributed by atoms with E-state index < -0.39 is 0 Å². The molecule has 2 nitrogen and oxygen atoms in total. The van der Waals surface area contributed by atoms with Gasteiger partial charge in [0, 0.05) is 6.04 Å². The highest BCUT2D eigenvalue weighted by Crippen LogP contribution is 2.47. The van der Waals surface area contributed by atoms with Gasteiger partial charge >= 0.3 is 0 Å². The van der Waals surface area contributed by atoms with E-state index in [-0.39, 0.29) is 0 Å². The van der Waals surface area contributed by atoms with E-state index in [1.165, 1.54) is 36.8 Å². The average molecular weight is 244 g/mol. The van der Waals surface area contributed by atoms with Crippen molar-refractivity contribution >= 4 is 0 Å². The van der Waals surface area contributed by atoms with Crippen molar-refractivity contribution in [3.8, 4) is 0 Å². The van der Waals surface area contributed by atoms with Gasteiger partial charge < -0.3 is 11.1 Å². The lowest BCUT2D eigenvalue weighted by Crippen LogP contribution is -2.36. The summed E-state index contributed by atoms with van der Waals surface area (Å²) in [4.78, 5) is 0. The molecule has 0 amide bonds. The zero-order chi connectivity index (χ0) is 12.6. The van der Waals surface area contributed by atoms with E-state index in [0.717, 1.165) is 13.1 Å². The molecule has 2 atom stereocenters. The van der Waals surface area contributed by atoms with E-state index in [4.69, 9.17) is 5.73 Å². The van der Waals surface area contributed by atoms with Gasteiger partial charge in [-0.2, -0.15) is 0 Å². The molecule has 98 valence electrons. The first-order valence-electron chi connectivity index (χ1n) is 7.25. The fraction of sp³-hybridized carbons (Fsp3) is 0.625. The molecule has 0 aromatic heterocycles. The first-order valence-corrected chi connectivity index (χ1v) is 7.25. The second-order valence-electron chi connectivity index (χ2n) is 6.32. The largest absolute Gasteiger partial charge is 0.330 e. The van der Waals surface area contributed by atoms with Crippen LogP contribution < -0.4 is 11.1 Å². The fourth-order valence-corrected chi connectivity index (χ4v) is 3.00. The number of nitrogens with two attached hydrogens (primary N) is 1. The van der Waals surface area contributed by atoms with Gasteiger partial charge in [-0.3, -0.25) is 0 Å². The van der Waals surface area contributed by atoms with Gasteiger partial charge in [-0.05, 0) is 61.2 Å². The van der Waals surface area contributed by atoms with Crippen LogP contribution in [-0.2, 0) is 5.41 Å². The molecule has 0 bridgehead atoms. The van der Waals surface area contributed by atoms with Crippen LogP contribution in [0.4, 0.5) is 0 Å². The molecule has 1 aromatic carbocycles. The van der Waals surface area contributed by atoms with Gasteiger partial charge in [-0.1, -0.05) is 31.2 Å². The maximum absolute atomic E-state index is 5.72. The van der Waals surface area contributed by atoms with Crippen LogP contribution >= 0.6 is 0 Å². The van der Waals surface area contributed by atoms with Gasteiger partial charge in [0.25, 0.3) is 0 Å². The summed E-state index contributed by atoms with van der Waals surface area (Å²) in [5.74, 6) is 0.672. The maximum atomic E-state index is 5.72. The van der Waals surface area contributed by atoms with E-state index >= 15 is 0 Å². The minimum Gasteiger partial charge on any atom is -0.330 e. The van der Waals surface area contributed by atoms with Gasteiger partial charge in [-0.25, -0.2) is 0 Å². The fourth-order valence-electron chi connectivity index (χ4n) is 3.00. The molecule has 1 aromatic rings. The van der Waals surface area contributed by atoms with Crippen LogP contribution in [0.25, 0.3) is 0 Å². The Balaban J connectivity index is 1.66. The summed E-state index contributed by atoms with van der Waals surface area (Å²) in [5, 5.41) is 3.63. The number of piperidine rings is 1. The molecule has 2 fully saturated rings. The summed E-state index contributed by atoms with van der Waals surface area (Å²) < 4.78 is 0. The molecule has 2 unspecified atom stereocenters. The zero-order valence-corrected chi connectivity index (χ0v) is 11.3. The molecule has 0 radical (unpaired) electrons. The van der Waals surface area contributed by atoms with Gasteiger partial charge in [-0.15, -0.1) is 0 Å². The average Bonchev–Trinajstić information content (AvgIpc) is 3.18. The van der Waals surface area contributed by atoms with Gasteiger partial charge in [0.05, 0.1) is 0 Å².